The number of amides is 2. The van der Waals surface area contributed by atoms with E-state index < -0.39 is 41.2 Å². The van der Waals surface area contributed by atoms with Crippen molar-refractivity contribution in [2.24, 2.45) is 0 Å². The van der Waals surface area contributed by atoms with E-state index in [4.69, 9.17) is 4.74 Å². The molecule has 3 heterocycles. The number of urea groups is 1. The van der Waals surface area contributed by atoms with Crippen LogP contribution in [0.5, 0.6) is 5.88 Å². The molecule has 0 spiro atoms. The molecule has 0 saturated carbocycles. The van der Waals surface area contributed by atoms with Gasteiger partial charge in [0.2, 0.25) is 5.88 Å². The third-order valence-electron chi connectivity index (χ3n) is 6.37. The number of pyridine rings is 2. The van der Waals surface area contributed by atoms with Gasteiger partial charge >= 0.3 is 24.1 Å². The smallest absolute Gasteiger partial charge is 0.434 e. The second-order valence-electron chi connectivity index (χ2n) is 10.1. The highest BCUT2D eigenvalue weighted by atomic mass is 32.1. The number of aromatic carboxylic acids is 2. The lowest BCUT2D eigenvalue weighted by Crippen LogP contribution is -2.39. The normalized spacial score (nSPS) is 11.7. The first-order chi connectivity index (χ1) is 20.6. The fourth-order valence-electron chi connectivity index (χ4n) is 4.39. The molecule has 0 aliphatic heterocycles. The monoisotopic (exact) mass is 638 g/mol. The molecule has 238 valence electrons. The van der Waals surface area contributed by atoms with Crippen LogP contribution in [0.25, 0.3) is 21.7 Å². The Hall–Kier alpha value is -4.31. The number of aromatic nitrogens is 3. The number of anilines is 1. The topological polar surface area (TPSA) is 167 Å². The molecular weight excluding hydrogens is 605 g/mol. The van der Waals surface area contributed by atoms with Gasteiger partial charge in [-0.2, -0.15) is 13.2 Å². The van der Waals surface area contributed by atoms with Crippen LogP contribution < -0.4 is 15.4 Å². The van der Waals surface area contributed by atoms with Crippen molar-refractivity contribution in [3.63, 3.8) is 0 Å². The fourth-order valence-corrected chi connectivity index (χ4v) is 5.28. The summed E-state index contributed by atoms with van der Waals surface area (Å²) >= 11 is 0.521. The number of carboxylic acids is 2. The van der Waals surface area contributed by atoms with Crippen LogP contribution in [0.1, 0.15) is 67.4 Å². The van der Waals surface area contributed by atoms with Gasteiger partial charge in [-0.05, 0) is 40.2 Å². The van der Waals surface area contributed by atoms with Crippen molar-refractivity contribution >= 4 is 35.1 Å². The van der Waals surface area contributed by atoms with Crippen LogP contribution in [-0.2, 0) is 6.18 Å². The molecule has 0 radical (unpaired) electrons. The first-order valence-corrected chi connectivity index (χ1v) is 14.5. The van der Waals surface area contributed by atoms with E-state index in [1.54, 1.807) is 6.92 Å². The molecule has 12 nitrogen and oxygen atoms in total. The second-order valence-corrected chi connectivity index (χ2v) is 11.0. The van der Waals surface area contributed by atoms with Crippen LogP contribution in [0.3, 0.4) is 0 Å². The Morgan fingerprint density at radius 2 is 1.73 bits per heavy atom. The Bertz CT molecular complexity index is 1500. The lowest BCUT2D eigenvalue weighted by Gasteiger charge is -2.30. The van der Waals surface area contributed by atoms with Gasteiger partial charge in [-0.15, -0.1) is 11.3 Å². The van der Waals surface area contributed by atoms with Crippen LogP contribution in [0.15, 0.2) is 23.8 Å². The Kier molecular flexibility index (Phi) is 11.2. The average Bonchev–Trinajstić information content (AvgIpc) is 3.44. The number of thiazole rings is 1. The Morgan fingerprint density at radius 3 is 2.27 bits per heavy atom. The zero-order chi connectivity index (χ0) is 32.8. The summed E-state index contributed by atoms with van der Waals surface area (Å²) in [6.45, 7) is 10.7. The van der Waals surface area contributed by atoms with Crippen molar-refractivity contribution in [1.82, 2.24) is 25.2 Å². The highest BCUT2D eigenvalue weighted by Gasteiger charge is 2.35. The molecule has 16 heteroatoms. The maximum absolute atomic E-state index is 13.5. The van der Waals surface area contributed by atoms with E-state index >= 15 is 0 Å². The minimum Gasteiger partial charge on any atom is -0.478 e. The summed E-state index contributed by atoms with van der Waals surface area (Å²) in [6.07, 6.45) is -2.09. The Labute approximate surface area is 255 Å². The Balaban J connectivity index is 2.27. The number of alkyl halides is 3. The van der Waals surface area contributed by atoms with Crippen molar-refractivity contribution in [1.29, 1.82) is 0 Å². The van der Waals surface area contributed by atoms with Crippen LogP contribution in [0.2, 0.25) is 0 Å². The third-order valence-corrected chi connectivity index (χ3v) is 7.23. The number of hydrogen-bond acceptors (Lipinski definition) is 9. The molecule has 0 bridgehead atoms. The molecule has 4 N–H and O–H groups in total. The number of rotatable bonds is 13. The largest absolute Gasteiger partial charge is 0.478 e. The molecule has 0 unspecified atom stereocenters. The van der Waals surface area contributed by atoms with E-state index in [0.29, 0.717) is 24.3 Å². The SMILES string of the molecule is CCCNC(=O)Nc1ncc(-c2cc(C(=O)O)cnc2OCCN(C(C)C)C(C)C)c(-c2nc(C(F)(F)F)cs2)c1C(=O)O. The number of carboxylic acid groups (broad SMARTS) is 2. The Morgan fingerprint density at radius 1 is 1.05 bits per heavy atom. The van der Waals surface area contributed by atoms with Gasteiger partial charge in [-0.3, -0.25) is 10.2 Å². The van der Waals surface area contributed by atoms with E-state index in [0.717, 1.165) is 17.8 Å². The number of halogens is 3. The third kappa shape index (κ3) is 8.19. The standard InChI is InChI=1S/C28H33F3N6O6S/c1-6-7-32-27(42)36-22-21(26(40)41)20(24-35-19(13-44-24)28(29,30)31)18(12-33-22)17-10-16(25(38)39)11-34-23(17)43-9-8-37(14(2)3)15(4)5/h10-15H,6-9H2,1-5H3,(H,38,39)(H,40,41)(H2,32,33,36,42). The minimum absolute atomic E-state index is 0.0405. The van der Waals surface area contributed by atoms with Crippen molar-refractivity contribution in [3.05, 3.63) is 40.7 Å². The summed E-state index contributed by atoms with van der Waals surface area (Å²) in [5.41, 5.74) is -2.70. The summed E-state index contributed by atoms with van der Waals surface area (Å²) in [7, 11) is 0. The summed E-state index contributed by atoms with van der Waals surface area (Å²) in [4.78, 5) is 50.9. The number of nitrogens with zero attached hydrogens (tertiary/aromatic N) is 4. The number of hydrogen-bond donors (Lipinski definition) is 4. The predicted molar refractivity (Wildman–Crippen MR) is 157 cm³/mol. The van der Waals surface area contributed by atoms with Gasteiger partial charge in [0.05, 0.1) is 5.56 Å². The first kappa shape index (κ1) is 34.2. The number of ether oxygens (including phenoxy) is 1. The fraction of sp³-hybridized carbons (Fsp3) is 0.429. The number of carbonyl (C=O) groups excluding carboxylic acids is 1. The highest BCUT2D eigenvalue weighted by molar-refractivity contribution is 7.13. The summed E-state index contributed by atoms with van der Waals surface area (Å²) in [6, 6.07) is 0.737. The molecule has 0 aliphatic rings. The van der Waals surface area contributed by atoms with Gasteiger partial charge in [0.15, 0.2) is 5.69 Å². The molecule has 44 heavy (non-hydrogen) atoms. The van der Waals surface area contributed by atoms with Crippen LogP contribution in [-0.4, -0.2) is 79.8 Å². The van der Waals surface area contributed by atoms with Gasteiger partial charge in [0.1, 0.15) is 23.0 Å². The van der Waals surface area contributed by atoms with Crippen LogP contribution in [0.4, 0.5) is 23.8 Å². The molecule has 0 saturated heterocycles. The highest BCUT2D eigenvalue weighted by Crippen LogP contribution is 2.43. The van der Waals surface area contributed by atoms with Gasteiger partial charge in [-0.1, -0.05) is 6.92 Å². The zero-order valence-corrected chi connectivity index (χ0v) is 25.5. The molecule has 0 aliphatic carbocycles. The lowest BCUT2D eigenvalue weighted by atomic mass is 9.97. The molecule has 0 atom stereocenters. The molecule has 3 aromatic rings. The molecule has 2 amide bonds. The van der Waals surface area contributed by atoms with Crippen LogP contribution >= 0.6 is 11.3 Å². The zero-order valence-electron chi connectivity index (χ0n) is 24.7. The maximum atomic E-state index is 13.5. The summed E-state index contributed by atoms with van der Waals surface area (Å²) in [5, 5.41) is 25.1. The summed E-state index contributed by atoms with van der Waals surface area (Å²) in [5.74, 6) is -3.54. The number of carbonyl (C=O) groups is 3. The molecule has 3 aromatic heterocycles. The van der Waals surface area contributed by atoms with Gasteiger partial charge in [-0.25, -0.2) is 29.3 Å². The number of nitrogens with one attached hydrogen (secondary N) is 2. The van der Waals surface area contributed by atoms with Gasteiger partial charge < -0.3 is 20.3 Å². The van der Waals surface area contributed by atoms with Gasteiger partial charge in [0.25, 0.3) is 0 Å². The summed E-state index contributed by atoms with van der Waals surface area (Å²) < 4.78 is 46.6. The van der Waals surface area contributed by atoms with E-state index in [2.05, 4.69) is 30.5 Å². The molecule has 0 fully saturated rings. The first-order valence-electron chi connectivity index (χ1n) is 13.6. The molecule has 0 aromatic carbocycles. The van der Waals surface area contributed by atoms with E-state index in [1.165, 1.54) is 6.07 Å². The van der Waals surface area contributed by atoms with Crippen molar-refractivity contribution in [2.75, 3.05) is 25.0 Å². The van der Waals surface area contributed by atoms with Gasteiger partial charge in [0, 0.05) is 59.6 Å². The van der Waals surface area contributed by atoms with E-state index in [1.807, 2.05) is 27.7 Å². The molecular formula is C28H33F3N6O6S. The van der Waals surface area contributed by atoms with E-state index in [-0.39, 0.29) is 58.4 Å². The van der Waals surface area contributed by atoms with Crippen LogP contribution in [0, 0.1) is 0 Å². The van der Waals surface area contributed by atoms with Crippen molar-refractivity contribution in [2.45, 2.75) is 59.3 Å². The quantitative estimate of drug-likeness (QED) is 0.182. The molecule has 3 rings (SSSR count). The van der Waals surface area contributed by atoms with Crippen molar-refractivity contribution < 1.29 is 42.5 Å². The second kappa shape index (κ2) is 14.4. The maximum Gasteiger partial charge on any atom is 0.434 e. The average molecular weight is 639 g/mol. The minimum atomic E-state index is -4.83. The lowest BCUT2D eigenvalue weighted by molar-refractivity contribution is -0.140. The van der Waals surface area contributed by atoms with Crippen molar-refractivity contribution in [3.8, 4) is 27.6 Å². The van der Waals surface area contributed by atoms with E-state index in [9.17, 15) is 37.8 Å². The predicted octanol–water partition coefficient (Wildman–Crippen LogP) is 5.71.